The topological polar surface area (TPSA) is 35.5 Å². The summed E-state index contributed by atoms with van der Waals surface area (Å²) in [5.74, 6) is 0. The highest BCUT2D eigenvalue weighted by atomic mass is 35.5. The molecule has 0 aromatic rings. The van der Waals surface area contributed by atoms with Crippen LogP contribution in [-0.2, 0) is 9.47 Å². The van der Waals surface area contributed by atoms with Crippen molar-refractivity contribution >= 4 is 17.8 Å². The van der Waals surface area contributed by atoms with Crippen LogP contribution in [0.25, 0.3) is 0 Å². The Balaban J connectivity index is 2.27. The number of alkyl halides is 1. The average molecular weight is 235 g/mol. The minimum absolute atomic E-state index is 0.000872. The van der Waals surface area contributed by atoms with Crippen molar-refractivity contribution in [2.75, 3.05) is 0 Å². The zero-order valence-corrected chi connectivity index (χ0v) is 10.3. The van der Waals surface area contributed by atoms with Crippen LogP contribution in [0, 0.1) is 5.41 Å². The standard InChI is InChI=1S/C11H19ClO3/c1-8(12)14-10(13)15-9-4-6-11(2,3)7-5-9/h8-9H,4-7H2,1-3H3. The summed E-state index contributed by atoms with van der Waals surface area (Å²) in [5.41, 5.74) is -0.249. The Morgan fingerprint density at radius 3 is 2.40 bits per heavy atom. The molecule has 0 N–H and O–H groups in total. The quantitative estimate of drug-likeness (QED) is 0.540. The Labute approximate surface area is 96.1 Å². The predicted octanol–water partition coefficient (Wildman–Crippen LogP) is 3.69. The van der Waals surface area contributed by atoms with Gasteiger partial charge in [-0.25, -0.2) is 4.79 Å². The van der Waals surface area contributed by atoms with E-state index in [1.54, 1.807) is 6.92 Å². The largest absolute Gasteiger partial charge is 0.510 e. The molecule has 1 aliphatic carbocycles. The van der Waals surface area contributed by atoms with Crippen molar-refractivity contribution in [2.45, 2.75) is 58.1 Å². The molecule has 0 saturated heterocycles. The van der Waals surface area contributed by atoms with Crippen LogP contribution in [0.1, 0.15) is 46.5 Å². The summed E-state index contributed by atoms with van der Waals surface area (Å²) in [6.45, 7) is 6.07. The predicted molar refractivity (Wildman–Crippen MR) is 58.9 cm³/mol. The first kappa shape index (κ1) is 12.6. The number of hydrogen-bond donors (Lipinski definition) is 0. The maximum Gasteiger partial charge on any atom is 0.510 e. The second-order valence-electron chi connectivity index (χ2n) is 4.89. The van der Waals surface area contributed by atoms with Crippen molar-refractivity contribution < 1.29 is 14.3 Å². The van der Waals surface area contributed by atoms with Gasteiger partial charge in [-0.1, -0.05) is 25.4 Å². The SMILES string of the molecule is CC(Cl)OC(=O)OC1CCC(C)(C)CC1. The molecule has 1 fully saturated rings. The van der Waals surface area contributed by atoms with Crippen molar-refractivity contribution in [1.29, 1.82) is 0 Å². The molecule has 1 aliphatic rings. The Kier molecular flexibility index (Phi) is 4.26. The van der Waals surface area contributed by atoms with E-state index in [4.69, 9.17) is 21.1 Å². The number of carbonyl (C=O) groups excluding carboxylic acids is 1. The van der Waals surface area contributed by atoms with Gasteiger partial charge in [0.05, 0.1) is 0 Å². The molecule has 0 bridgehead atoms. The van der Waals surface area contributed by atoms with Gasteiger partial charge < -0.3 is 9.47 Å². The highest BCUT2D eigenvalue weighted by Gasteiger charge is 2.29. The van der Waals surface area contributed by atoms with Crippen LogP contribution in [0.4, 0.5) is 4.79 Å². The maximum atomic E-state index is 11.2. The zero-order chi connectivity index (χ0) is 11.5. The summed E-state index contributed by atoms with van der Waals surface area (Å²) in [7, 11) is 0. The molecule has 1 saturated carbocycles. The van der Waals surface area contributed by atoms with Crippen molar-refractivity contribution in [3.8, 4) is 0 Å². The minimum atomic E-state index is -0.651. The first-order valence-electron chi connectivity index (χ1n) is 5.40. The van der Waals surface area contributed by atoms with Crippen LogP contribution in [0.15, 0.2) is 0 Å². The van der Waals surface area contributed by atoms with E-state index < -0.39 is 11.7 Å². The molecule has 1 unspecified atom stereocenters. The van der Waals surface area contributed by atoms with Crippen LogP contribution < -0.4 is 0 Å². The second kappa shape index (κ2) is 5.06. The normalized spacial score (nSPS) is 23.2. The fraction of sp³-hybridized carbons (Fsp3) is 0.909. The van der Waals surface area contributed by atoms with Crippen LogP contribution in [0.3, 0.4) is 0 Å². The van der Waals surface area contributed by atoms with Crippen LogP contribution in [0.5, 0.6) is 0 Å². The molecule has 4 heteroatoms. The lowest BCUT2D eigenvalue weighted by atomic mass is 9.76. The molecular formula is C11H19ClO3. The van der Waals surface area contributed by atoms with Gasteiger partial charge in [-0.05, 0) is 38.0 Å². The molecular weight excluding hydrogens is 216 g/mol. The smallest absolute Gasteiger partial charge is 0.431 e. The Hall–Kier alpha value is -0.440. The third-order valence-corrected chi connectivity index (χ3v) is 2.90. The Bertz CT molecular complexity index is 216. The highest BCUT2D eigenvalue weighted by Crippen LogP contribution is 2.36. The molecule has 0 aromatic heterocycles. The lowest BCUT2D eigenvalue weighted by molar-refractivity contribution is -0.00558. The lowest BCUT2D eigenvalue weighted by Gasteiger charge is -2.33. The summed E-state index contributed by atoms with van der Waals surface area (Å²) < 4.78 is 9.86. The van der Waals surface area contributed by atoms with E-state index in [9.17, 15) is 4.79 Å². The van der Waals surface area contributed by atoms with Gasteiger partial charge in [0.15, 0.2) is 5.56 Å². The van der Waals surface area contributed by atoms with E-state index in [0.29, 0.717) is 5.41 Å². The third kappa shape index (κ3) is 4.74. The summed E-state index contributed by atoms with van der Waals surface area (Å²) in [6.07, 6.45) is 3.35. The van der Waals surface area contributed by atoms with Crippen LogP contribution in [-0.4, -0.2) is 17.8 Å². The molecule has 0 aliphatic heterocycles. The number of hydrogen-bond acceptors (Lipinski definition) is 3. The minimum Gasteiger partial charge on any atom is -0.431 e. The zero-order valence-electron chi connectivity index (χ0n) is 9.59. The van der Waals surface area contributed by atoms with Gasteiger partial charge in [0, 0.05) is 0 Å². The van der Waals surface area contributed by atoms with Gasteiger partial charge >= 0.3 is 6.16 Å². The fourth-order valence-electron chi connectivity index (χ4n) is 1.79. The summed E-state index contributed by atoms with van der Waals surface area (Å²) in [6, 6.07) is 0. The van der Waals surface area contributed by atoms with Crippen molar-refractivity contribution in [1.82, 2.24) is 0 Å². The van der Waals surface area contributed by atoms with E-state index in [1.807, 2.05) is 0 Å². The molecule has 0 amide bonds. The molecule has 0 spiro atoms. The first-order valence-corrected chi connectivity index (χ1v) is 5.84. The third-order valence-electron chi connectivity index (χ3n) is 2.81. The highest BCUT2D eigenvalue weighted by molar-refractivity contribution is 6.19. The first-order chi connectivity index (χ1) is 6.89. The molecule has 0 aromatic carbocycles. The molecule has 0 heterocycles. The van der Waals surface area contributed by atoms with Gasteiger partial charge in [0.1, 0.15) is 6.10 Å². The van der Waals surface area contributed by atoms with Gasteiger partial charge in [-0.2, -0.15) is 0 Å². The molecule has 88 valence electrons. The number of ether oxygens (including phenoxy) is 2. The molecule has 15 heavy (non-hydrogen) atoms. The van der Waals surface area contributed by atoms with Gasteiger partial charge in [0.25, 0.3) is 0 Å². The van der Waals surface area contributed by atoms with Crippen molar-refractivity contribution in [2.24, 2.45) is 5.41 Å². The summed E-state index contributed by atoms with van der Waals surface area (Å²) in [4.78, 5) is 11.2. The monoisotopic (exact) mass is 234 g/mol. The second-order valence-corrected chi connectivity index (χ2v) is 5.51. The number of halogens is 1. The van der Waals surface area contributed by atoms with E-state index in [0.717, 1.165) is 25.7 Å². The average Bonchev–Trinajstić information content (AvgIpc) is 2.07. The maximum absolute atomic E-state index is 11.2. The van der Waals surface area contributed by atoms with Crippen molar-refractivity contribution in [3.63, 3.8) is 0 Å². The van der Waals surface area contributed by atoms with Gasteiger partial charge in [0.2, 0.25) is 0 Å². The number of rotatable bonds is 2. The number of carbonyl (C=O) groups is 1. The van der Waals surface area contributed by atoms with Gasteiger partial charge in [-0.15, -0.1) is 0 Å². The molecule has 3 nitrogen and oxygen atoms in total. The fourth-order valence-corrected chi connectivity index (χ4v) is 1.86. The molecule has 0 radical (unpaired) electrons. The Morgan fingerprint density at radius 1 is 1.40 bits per heavy atom. The van der Waals surface area contributed by atoms with E-state index in [-0.39, 0.29) is 6.10 Å². The Morgan fingerprint density at radius 2 is 1.93 bits per heavy atom. The summed E-state index contributed by atoms with van der Waals surface area (Å²) >= 11 is 5.51. The van der Waals surface area contributed by atoms with Crippen molar-refractivity contribution in [3.05, 3.63) is 0 Å². The lowest BCUT2D eigenvalue weighted by Crippen LogP contribution is -2.29. The van der Waals surface area contributed by atoms with Gasteiger partial charge in [-0.3, -0.25) is 0 Å². The molecule has 1 atom stereocenters. The summed E-state index contributed by atoms with van der Waals surface area (Å²) in [5, 5.41) is 0. The van der Waals surface area contributed by atoms with E-state index in [1.165, 1.54) is 0 Å². The van der Waals surface area contributed by atoms with Crippen LogP contribution >= 0.6 is 11.6 Å². The van der Waals surface area contributed by atoms with E-state index >= 15 is 0 Å². The van der Waals surface area contributed by atoms with Crippen LogP contribution in [0.2, 0.25) is 0 Å². The van der Waals surface area contributed by atoms with E-state index in [2.05, 4.69) is 13.8 Å². The molecule has 1 rings (SSSR count).